The first-order valence-corrected chi connectivity index (χ1v) is 8.97. The van der Waals surface area contributed by atoms with E-state index in [0.717, 1.165) is 38.8 Å². The highest BCUT2D eigenvalue weighted by Crippen LogP contribution is 2.29. The lowest BCUT2D eigenvalue weighted by Crippen LogP contribution is -2.52. The molecule has 0 aromatic heterocycles. The molecule has 1 N–H and O–H groups in total. The fraction of sp³-hybridized carbons (Fsp3) is 0.882. The summed E-state index contributed by atoms with van der Waals surface area (Å²) in [6.07, 6.45) is 4.23. The molecule has 2 atom stereocenters. The Labute approximate surface area is 138 Å². The van der Waals surface area contributed by atoms with E-state index in [9.17, 15) is 9.59 Å². The van der Waals surface area contributed by atoms with E-state index in [2.05, 4.69) is 10.2 Å². The first kappa shape index (κ1) is 16.7. The second-order valence-corrected chi connectivity index (χ2v) is 7.39. The molecule has 0 aromatic carbocycles. The van der Waals surface area contributed by atoms with E-state index in [4.69, 9.17) is 4.74 Å². The molecule has 0 radical (unpaired) electrons. The van der Waals surface area contributed by atoms with Crippen LogP contribution in [0.3, 0.4) is 0 Å². The summed E-state index contributed by atoms with van der Waals surface area (Å²) >= 11 is 0. The van der Waals surface area contributed by atoms with Gasteiger partial charge in [-0.15, -0.1) is 0 Å². The van der Waals surface area contributed by atoms with Gasteiger partial charge in [0.05, 0.1) is 18.8 Å². The van der Waals surface area contributed by atoms with Gasteiger partial charge in [-0.25, -0.2) is 0 Å². The van der Waals surface area contributed by atoms with Crippen LogP contribution in [-0.2, 0) is 14.3 Å². The summed E-state index contributed by atoms with van der Waals surface area (Å²) in [4.78, 5) is 28.4. The van der Waals surface area contributed by atoms with Crippen molar-refractivity contribution in [1.29, 1.82) is 0 Å². The molecular formula is C17H29N3O3. The molecule has 2 aliphatic heterocycles. The van der Waals surface area contributed by atoms with Crippen LogP contribution in [0, 0.1) is 5.92 Å². The number of likely N-dealkylation sites (tertiary alicyclic amines) is 1. The number of amides is 2. The molecule has 0 aromatic rings. The number of nitrogens with one attached hydrogen (secondary N) is 1. The van der Waals surface area contributed by atoms with Gasteiger partial charge < -0.3 is 15.0 Å². The number of carbonyl (C=O) groups excluding carboxylic acids is 2. The van der Waals surface area contributed by atoms with Gasteiger partial charge in [-0.2, -0.15) is 0 Å². The van der Waals surface area contributed by atoms with E-state index in [1.807, 2.05) is 18.7 Å². The number of rotatable bonds is 4. The molecule has 1 aliphatic carbocycles. The van der Waals surface area contributed by atoms with Crippen LogP contribution >= 0.6 is 0 Å². The number of morpholine rings is 1. The predicted molar refractivity (Wildman–Crippen MR) is 86.9 cm³/mol. The molecule has 6 nitrogen and oxygen atoms in total. The van der Waals surface area contributed by atoms with Crippen molar-refractivity contribution in [2.45, 2.75) is 57.8 Å². The average molecular weight is 323 g/mol. The van der Waals surface area contributed by atoms with Gasteiger partial charge in [-0.1, -0.05) is 0 Å². The third kappa shape index (κ3) is 4.67. The molecule has 3 aliphatic rings. The molecule has 3 fully saturated rings. The van der Waals surface area contributed by atoms with Crippen molar-refractivity contribution in [2.75, 3.05) is 32.7 Å². The standard InChI is InChI=1S/C17H29N3O3/c1-12-9-20(10-13(2)23-12)16(21)11-19-7-5-15(6-8-19)18-17(22)14-3-4-14/h12-15H,3-11H2,1-2H3,(H,18,22). The zero-order valence-electron chi connectivity index (χ0n) is 14.3. The van der Waals surface area contributed by atoms with E-state index < -0.39 is 0 Å². The van der Waals surface area contributed by atoms with Crippen molar-refractivity contribution in [3.8, 4) is 0 Å². The van der Waals surface area contributed by atoms with Gasteiger partial charge in [0.2, 0.25) is 11.8 Å². The minimum Gasteiger partial charge on any atom is -0.372 e. The van der Waals surface area contributed by atoms with Crippen LogP contribution in [0.1, 0.15) is 39.5 Å². The van der Waals surface area contributed by atoms with E-state index >= 15 is 0 Å². The van der Waals surface area contributed by atoms with Crippen molar-refractivity contribution in [2.24, 2.45) is 5.92 Å². The Morgan fingerprint density at radius 2 is 1.65 bits per heavy atom. The monoisotopic (exact) mass is 323 g/mol. The first-order valence-electron chi connectivity index (χ1n) is 8.97. The smallest absolute Gasteiger partial charge is 0.236 e. The zero-order chi connectivity index (χ0) is 16.4. The minimum atomic E-state index is 0.117. The first-order chi connectivity index (χ1) is 11.0. The van der Waals surface area contributed by atoms with Crippen molar-refractivity contribution >= 4 is 11.8 Å². The summed E-state index contributed by atoms with van der Waals surface area (Å²) in [5.74, 6) is 0.711. The summed E-state index contributed by atoms with van der Waals surface area (Å²) in [6.45, 7) is 7.68. The van der Waals surface area contributed by atoms with Gasteiger partial charge in [-0.3, -0.25) is 14.5 Å². The van der Waals surface area contributed by atoms with E-state index in [0.29, 0.717) is 19.6 Å². The second kappa shape index (κ2) is 7.18. The van der Waals surface area contributed by atoms with Gasteiger partial charge in [0, 0.05) is 38.1 Å². The van der Waals surface area contributed by atoms with Crippen LogP contribution in [0.4, 0.5) is 0 Å². The van der Waals surface area contributed by atoms with Crippen molar-refractivity contribution in [3.63, 3.8) is 0 Å². The van der Waals surface area contributed by atoms with Crippen molar-refractivity contribution in [3.05, 3.63) is 0 Å². The van der Waals surface area contributed by atoms with Crippen LogP contribution in [-0.4, -0.2) is 72.6 Å². The highest BCUT2D eigenvalue weighted by molar-refractivity contribution is 5.81. The molecule has 2 amide bonds. The fourth-order valence-electron chi connectivity index (χ4n) is 3.57. The Balaban J connectivity index is 1.39. The molecule has 0 spiro atoms. The van der Waals surface area contributed by atoms with Crippen LogP contribution in [0.2, 0.25) is 0 Å². The van der Waals surface area contributed by atoms with Crippen molar-refractivity contribution < 1.29 is 14.3 Å². The fourth-order valence-corrected chi connectivity index (χ4v) is 3.57. The topological polar surface area (TPSA) is 61.9 Å². The Morgan fingerprint density at radius 3 is 2.22 bits per heavy atom. The number of carbonyl (C=O) groups is 2. The Kier molecular flexibility index (Phi) is 5.21. The lowest BCUT2D eigenvalue weighted by Gasteiger charge is -2.37. The van der Waals surface area contributed by atoms with Gasteiger partial charge in [0.25, 0.3) is 0 Å². The molecule has 6 heteroatoms. The summed E-state index contributed by atoms with van der Waals surface area (Å²) in [7, 11) is 0. The molecule has 1 saturated carbocycles. The number of hydrogen-bond donors (Lipinski definition) is 1. The molecule has 0 bridgehead atoms. The van der Waals surface area contributed by atoms with Gasteiger partial charge >= 0.3 is 0 Å². The molecule has 23 heavy (non-hydrogen) atoms. The number of piperidine rings is 1. The normalized spacial score (nSPS) is 30.3. The predicted octanol–water partition coefficient (Wildman–Crippen LogP) is 0.613. The van der Waals surface area contributed by atoms with E-state index in [1.54, 1.807) is 0 Å². The van der Waals surface area contributed by atoms with Gasteiger partial charge in [0.1, 0.15) is 0 Å². The maximum Gasteiger partial charge on any atom is 0.236 e. The number of ether oxygens (including phenoxy) is 1. The quantitative estimate of drug-likeness (QED) is 0.824. The third-order valence-corrected chi connectivity index (χ3v) is 5.01. The van der Waals surface area contributed by atoms with Gasteiger partial charge in [-0.05, 0) is 39.5 Å². The molecule has 2 heterocycles. The highest BCUT2D eigenvalue weighted by Gasteiger charge is 2.32. The molecular weight excluding hydrogens is 294 g/mol. The van der Waals surface area contributed by atoms with Crippen LogP contribution in [0.5, 0.6) is 0 Å². The zero-order valence-corrected chi connectivity index (χ0v) is 14.3. The Hall–Kier alpha value is -1.14. The van der Waals surface area contributed by atoms with E-state index in [1.165, 1.54) is 0 Å². The van der Waals surface area contributed by atoms with Crippen LogP contribution in [0.15, 0.2) is 0 Å². The maximum atomic E-state index is 12.5. The molecule has 130 valence electrons. The molecule has 2 unspecified atom stereocenters. The summed E-state index contributed by atoms with van der Waals surface area (Å²) < 4.78 is 5.68. The van der Waals surface area contributed by atoms with Crippen LogP contribution < -0.4 is 5.32 Å². The lowest BCUT2D eigenvalue weighted by atomic mass is 10.0. The molecule has 3 rings (SSSR count). The average Bonchev–Trinajstić information content (AvgIpc) is 3.33. The summed E-state index contributed by atoms with van der Waals surface area (Å²) in [6, 6.07) is 0.290. The highest BCUT2D eigenvalue weighted by atomic mass is 16.5. The molecule has 2 saturated heterocycles. The summed E-state index contributed by atoms with van der Waals surface area (Å²) in [5, 5.41) is 3.15. The Morgan fingerprint density at radius 1 is 1.04 bits per heavy atom. The second-order valence-electron chi connectivity index (χ2n) is 7.39. The Bertz CT molecular complexity index is 434. The maximum absolute atomic E-state index is 12.5. The largest absolute Gasteiger partial charge is 0.372 e. The van der Waals surface area contributed by atoms with E-state index in [-0.39, 0.29) is 36.0 Å². The third-order valence-electron chi connectivity index (χ3n) is 5.01. The lowest BCUT2D eigenvalue weighted by molar-refractivity contribution is -0.144. The van der Waals surface area contributed by atoms with Gasteiger partial charge in [0.15, 0.2) is 0 Å². The SMILES string of the molecule is CC1CN(C(=O)CN2CCC(NC(=O)C3CC3)CC2)CC(C)O1. The number of hydrogen-bond acceptors (Lipinski definition) is 4. The van der Waals surface area contributed by atoms with Crippen LogP contribution in [0.25, 0.3) is 0 Å². The minimum absolute atomic E-state index is 0.117. The number of nitrogens with zero attached hydrogens (tertiary/aromatic N) is 2. The van der Waals surface area contributed by atoms with Crippen molar-refractivity contribution in [1.82, 2.24) is 15.1 Å². The summed E-state index contributed by atoms with van der Waals surface area (Å²) in [5.41, 5.74) is 0.